The molecule has 122 valence electrons. The van der Waals surface area contributed by atoms with Crippen LogP contribution < -0.4 is 5.32 Å². The lowest BCUT2D eigenvalue weighted by Gasteiger charge is -2.17. The van der Waals surface area contributed by atoms with Gasteiger partial charge in [0, 0.05) is 17.0 Å². The van der Waals surface area contributed by atoms with E-state index in [0.29, 0.717) is 17.0 Å². The highest BCUT2D eigenvalue weighted by Crippen LogP contribution is 2.26. The Morgan fingerprint density at radius 1 is 1.39 bits per heavy atom. The van der Waals surface area contributed by atoms with Gasteiger partial charge in [-0.25, -0.2) is 8.78 Å². The van der Waals surface area contributed by atoms with Gasteiger partial charge in [0.05, 0.1) is 19.6 Å². The van der Waals surface area contributed by atoms with Crippen molar-refractivity contribution in [2.24, 2.45) is 0 Å². The zero-order valence-electron chi connectivity index (χ0n) is 12.0. The molecular weight excluding hydrogens is 328 g/mol. The number of phenols is 1. The van der Waals surface area contributed by atoms with E-state index in [1.54, 1.807) is 17.5 Å². The van der Waals surface area contributed by atoms with E-state index in [1.165, 1.54) is 18.4 Å². The quantitative estimate of drug-likeness (QED) is 0.820. The zero-order valence-corrected chi connectivity index (χ0v) is 12.8. The van der Waals surface area contributed by atoms with E-state index in [-0.39, 0.29) is 6.42 Å². The number of amides is 1. The number of carbonyl (C=O) groups is 2. The fraction of sp³-hybridized carbons (Fsp3) is 0.200. The molecule has 0 radical (unpaired) electrons. The minimum Gasteiger partial charge on any atom is -0.507 e. The lowest BCUT2D eigenvalue weighted by molar-refractivity contribution is -0.141. The molecule has 8 heteroatoms. The van der Waals surface area contributed by atoms with Crippen molar-refractivity contribution in [1.82, 2.24) is 5.32 Å². The number of carbonyl (C=O) groups excluding carboxylic acids is 2. The maximum Gasteiger partial charge on any atom is 0.307 e. The Hall–Kier alpha value is -2.48. The summed E-state index contributed by atoms with van der Waals surface area (Å²) in [5, 5.41) is 13.8. The fourth-order valence-electron chi connectivity index (χ4n) is 1.98. The van der Waals surface area contributed by atoms with Crippen molar-refractivity contribution >= 4 is 23.2 Å². The summed E-state index contributed by atoms with van der Waals surface area (Å²) in [4.78, 5) is 24.3. The smallest absolute Gasteiger partial charge is 0.307 e. The molecule has 5 nitrogen and oxygen atoms in total. The van der Waals surface area contributed by atoms with Gasteiger partial charge in [0.15, 0.2) is 0 Å². The first kappa shape index (κ1) is 16.9. The van der Waals surface area contributed by atoms with Crippen LogP contribution in [0.3, 0.4) is 0 Å². The van der Waals surface area contributed by atoms with Crippen molar-refractivity contribution in [3.63, 3.8) is 0 Å². The second kappa shape index (κ2) is 7.19. The van der Waals surface area contributed by atoms with Gasteiger partial charge in [0.2, 0.25) is 0 Å². The van der Waals surface area contributed by atoms with Crippen LogP contribution in [0.5, 0.6) is 5.75 Å². The Balaban J connectivity index is 2.26. The van der Waals surface area contributed by atoms with E-state index < -0.39 is 40.9 Å². The Morgan fingerprint density at radius 2 is 2.13 bits per heavy atom. The molecule has 23 heavy (non-hydrogen) atoms. The third-order valence-corrected chi connectivity index (χ3v) is 4.04. The molecule has 0 bridgehead atoms. The monoisotopic (exact) mass is 341 g/mol. The van der Waals surface area contributed by atoms with E-state index in [9.17, 15) is 23.5 Å². The molecule has 1 aromatic carbocycles. The van der Waals surface area contributed by atoms with E-state index in [4.69, 9.17) is 0 Å². The van der Waals surface area contributed by atoms with Crippen LogP contribution in [0.15, 0.2) is 29.6 Å². The van der Waals surface area contributed by atoms with Crippen LogP contribution in [0.2, 0.25) is 0 Å². The van der Waals surface area contributed by atoms with Crippen molar-refractivity contribution in [3.8, 4) is 5.75 Å². The standard InChI is InChI=1S/C15H13F2NO4S/c1-22-13(20)7-10(12-3-2-4-23-12)18-15(21)14-9(17)5-8(16)6-11(14)19/h2-6,10,19H,7H2,1H3,(H,18,21). The number of benzene rings is 1. The molecule has 1 heterocycles. The van der Waals surface area contributed by atoms with E-state index in [2.05, 4.69) is 10.1 Å². The number of esters is 1. The van der Waals surface area contributed by atoms with Crippen LogP contribution in [0.25, 0.3) is 0 Å². The molecule has 2 aromatic rings. The summed E-state index contributed by atoms with van der Waals surface area (Å²) in [6.45, 7) is 0. The summed E-state index contributed by atoms with van der Waals surface area (Å²) in [5.74, 6) is -4.53. The molecule has 1 unspecified atom stereocenters. The van der Waals surface area contributed by atoms with Crippen LogP contribution in [0, 0.1) is 11.6 Å². The SMILES string of the molecule is COC(=O)CC(NC(=O)c1c(O)cc(F)cc1F)c1cccs1. The maximum atomic E-state index is 13.7. The van der Waals surface area contributed by atoms with E-state index >= 15 is 0 Å². The lowest BCUT2D eigenvalue weighted by atomic mass is 10.1. The highest BCUT2D eigenvalue weighted by atomic mass is 32.1. The summed E-state index contributed by atoms with van der Waals surface area (Å²) >= 11 is 1.29. The molecule has 0 saturated heterocycles. The number of ether oxygens (including phenoxy) is 1. The van der Waals surface area contributed by atoms with Crippen LogP contribution in [0.4, 0.5) is 8.78 Å². The van der Waals surface area contributed by atoms with Gasteiger partial charge >= 0.3 is 5.97 Å². The van der Waals surface area contributed by atoms with Gasteiger partial charge in [-0.15, -0.1) is 11.3 Å². The van der Waals surface area contributed by atoms with Gasteiger partial charge in [-0.3, -0.25) is 9.59 Å². The summed E-state index contributed by atoms with van der Waals surface area (Å²) in [6.07, 6.45) is -0.160. The Morgan fingerprint density at radius 3 is 2.70 bits per heavy atom. The summed E-state index contributed by atoms with van der Waals surface area (Å²) in [6, 6.07) is 3.80. The molecule has 1 amide bonds. The first-order chi connectivity index (χ1) is 10.9. The Kier molecular flexibility index (Phi) is 5.28. The zero-order chi connectivity index (χ0) is 17.0. The topological polar surface area (TPSA) is 75.6 Å². The molecule has 0 aliphatic carbocycles. The highest BCUT2D eigenvalue weighted by Gasteiger charge is 2.24. The number of halogens is 2. The number of aromatic hydroxyl groups is 1. The molecule has 0 aliphatic rings. The number of hydrogen-bond donors (Lipinski definition) is 2. The van der Waals surface area contributed by atoms with E-state index in [1.807, 2.05) is 0 Å². The summed E-state index contributed by atoms with van der Waals surface area (Å²) in [5.41, 5.74) is -0.683. The van der Waals surface area contributed by atoms with Gasteiger partial charge in [0.25, 0.3) is 5.91 Å². The first-order valence-corrected chi connectivity index (χ1v) is 7.39. The maximum absolute atomic E-state index is 13.7. The van der Waals surface area contributed by atoms with Gasteiger partial charge in [-0.2, -0.15) is 0 Å². The van der Waals surface area contributed by atoms with Gasteiger partial charge in [-0.05, 0) is 11.4 Å². The number of rotatable bonds is 5. The minimum absolute atomic E-state index is 0.160. The van der Waals surface area contributed by atoms with Crippen molar-refractivity contribution < 1.29 is 28.2 Å². The second-order valence-electron chi connectivity index (χ2n) is 4.60. The van der Waals surface area contributed by atoms with Crippen LogP contribution in [-0.4, -0.2) is 24.1 Å². The lowest BCUT2D eigenvalue weighted by Crippen LogP contribution is -2.30. The number of phenolic OH excluding ortho intramolecular Hbond substituents is 1. The number of methoxy groups -OCH3 is 1. The Labute approximate surface area is 134 Å². The number of thiophene rings is 1. The molecule has 1 atom stereocenters. The van der Waals surface area contributed by atoms with E-state index in [0.717, 1.165) is 0 Å². The molecule has 2 rings (SSSR count). The average molecular weight is 341 g/mol. The largest absolute Gasteiger partial charge is 0.507 e. The molecule has 0 aliphatic heterocycles. The molecule has 0 spiro atoms. The number of hydrogen-bond acceptors (Lipinski definition) is 5. The third-order valence-electron chi connectivity index (χ3n) is 3.05. The third kappa shape index (κ3) is 4.04. The molecule has 2 N–H and O–H groups in total. The highest BCUT2D eigenvalue weighted by molar-refractivity contribution is 7.10. The van der Waals surface area contributed by atoms with Crippen molar-refractivity contribution in [2.75, 3.05) is 7.11 Å². The number of nitrogens with one attached hydrogen (secondary N) is 1. The normalized spacial score (nSPS) is 11.8. The predicted octanol–water partition coefficient (Wildman–Crippen LogP) is 2.77. The van der Waals surface area contributed by atoms with Gasteiger partial charge in [-0.1, -0.05) is 6.07 Å². The summed E-state index contributed by atoms with van der Waals surface area (Å²) < 4.78 is 31.3. The van der Waals surface area contributed by atoms with Gasteiger partial charge in [0.1, 0.15) is 22.9 Å². The van der Waals surface area contributed by atoms with Gasteiger partial charge < -0.3 is 15.2 Å². The molecular formula is C15H13F2NO4S. The second-order valence-corrected chi connectivity index (χ2v) is 5.58. The molecule has 0 saturated carbocycles. The first-order valence-electron chi connectivity index (χ1n) is 6.51. The average Bonchev–Trinajstić information content (AvgIpc) is 2.99. The fourth-order valence-corrected chi connectivity index (χ4v) is 2.76. The minimum atomic E-state index is -1.19. The predicted molar refractivity (Wildman–Crippen MR) is 79.2 cm³/mol. The van der Waals surface area contributed by atoms with Crippen LogP contribution in [-0.2, 0) is 9.53 Å². The Bertz CT molecular complexity index is 695. The van der Waals surface area contributed by atoms with Crippen molar-refractivity contribution in [2.45, 2.75) is 12.5 Å². The van der Waals surface area contributed by atoms with Crippen molar-refractivity contribution in [1.29, 1.82) is 0 Å². The molecule has 1 aromatic heterocycles. The molecule has 0 fully saturated rings. The van der Waals surface area contributed by atoms with Crippen LogP contribution >= 0.6 is 11.3 Å². The summed E-state index contributed by atoms with van der Waals surface area (Å²) in [7, 11) is 1.21. The van der Waals surface area contributed by atoms with Crippen molar-refractivity contribution in [3.05, 3.63) is 51.7 Å². The van der Waals surface area contributed by atoms with Crippen LogP contribution in [0.1, 0.15) is 27.7 Å².